The molecule has 1 fully saturated rings. The van der Waals surface area contributed by atoms with E-state index in [0.717, 1.165) is 37.9 Å². The highest BCUT2D eigenvalue weighted by atomic mass is 16.3. The molecule has 1 saturated carbocycles. The van der Waals surface area contributed by atoms with Gasteiger partial charge >= 0.3 is 0 Å². The molecule has 0 bridgehead atoms. The number of aliphatic hydroxyl groups is 1. The van der Waals surface area contributed by atoms with E-state index in [2.05, 4.69) is 15.5 Å². The first kappa shape index (κ1) is 10.6. The molecule has 0 aliphatic heterocycles. The largest absolute Gasteiger partial charge is 0.389 e. The minimum Gasteiger partial charge on any atom is -0.389 e. The van der Waals surface area contributed by atoms with Crippen LogP contribution in [-0.2, 0) is 6.54 Å². The predicted molar refractivity (Wildman–Crippen MR) is 58.4 cm³/mol. The lowest BCUT2D eigenvalue weighted by Gasteiger charge is -2.22. The molecule has 1 aromatic heterocycles. The van der Waals surface area contributed by atoms with E-state index in [-0.39, 0.29) is 0 Å². The summed E-state index contributed by atoms with van der Waals surface area (Å²) in [5.41, 5.74) is 1.81. The molecule has 0 amide bonds. The molecule has 84 valence electrons. The smallest absolute Gasteiger partial charge is 0.0771 e. The number of nitrogens with zero attached hydrogens (tertiary/aromatic N) is 1. The Morgan fingerprint density at radius 3 is 2.87 bits per heavy atom. The fraction of sp³-hybridized carbons (Fsp3) is 0.727. The van der Waals surface area contributed by atoms with E-state index >= 15 is 0 Å². The van der Waals surface area contributed by atoms with E-state index < -0.39 is 5.60 Å². The Morgan fingerprint density at radius 2 is 2.27 bits per heavy atom. The molecule has 0 saturated heterocycles. The van der Waals surface area contributed by atoms with Gasteiger partial charge in [-0.1, -0.05) is 12.8 Å². The maximum absolute atomic E-state index is 10.1. The van der Waals surface area contributed by atoms with Crippen molar-refractivity contribution in [2.45, 2.75) is 44.8 Å². The molecule has 1 aromatic rings. The highest BCUT2D eigenvalue weighted by Gasteiger charge is 2.30. The molecule has 1 aliphatic carbocycles. The van der Waals surface area contributed by atoms with Crippen LogP contribution in [0.3, 0.4) is 0 Å². The van der Waals surface area contributed by atoms with Gasteiger partial charge in [-0.05, 0) is 19.8 Å². The van der Waals surface area contributed by atoms with Crippen LogP contribution in [0, 0.1) is 6.92 Å². The first-order valence-electron chi connectivity index (χ1n) is 5.62. The van der Waals surface area contributed by atoms with Crippen molar-refractivity contribution in [2.75, 3.05) is 6.54 Å². The van der Waals surface area contributed by atoms with Gasteiger partial charge in [-0.3, -0.25) is 5.10 Å². The molecule has 0 aromatic carbocycles. The molecule has 15 heavy (non-hydrogen) atoms. The number of aromatic nitrogens is 2. The highest BCUT2D eigenvalue weighted by Crippen LogP contribution is 2.28. The van der Waals surface area contributed by atoms with Crippen LogP contribution in [-0.4, -0.2) is 27.4 Å². The van der Waals surface area contributed by atoms with Gasteiger partial charge in [0.15, 0.2) is 0 Å². The minimum atomic E-state index is -0.461. The Balaban J connectivity index is 1.77. The first-order valence-corrected chi connectivity index (χ1v) is 5.62. The molecule has 0 atom stereocenters. The average molecular weight is 209 g/mol. The fourth-order valence-electron chi connectivity index (χ4n) is 2.19. The van der Waals surface area contributed by atoms with Gasteiger partial charge in [-0.15, -0.1) is 0 Å². The van der Waals surface area contributed by atoms with E-state index in [9.17, 15) is 5.11 Å². The lowest BCUT2D eigenvalue weighted by Crippen LogP contribution is -2.37. The SMILES string of the molecule is Cc1[nH]ncc1CNCC1(O)CCCC1. The van der Waals surface area contributed by atoms with Gasteiger partial charge in [0.05, 0.1) is 11.8 Å². The van der Waals surface area contributed by atoms with Crippen molar-refractivity contribution in [3.8, 4) is 0 Å². The van der Waals surface area contributed by atoms with Crippen LogP contribution < -0.4 is 5.32 Å². The van der Waals surface area contributed by atoms with Crippen LogP contribution in [0.2, 0.25) is 0 Å². The standard InChI is InChI=1S/C11H19N3O/c1-9-10(7-13-14-9)6-12-8-11(15)4-2-3-5-11/h7,12,15H,2-6,8H2,1H3,(H,13,14). The van der Waals surface area contributed by atoms with Crippen LogP contribution in [0.5, 0.6) is 0 Å². The predicted octanol–water partition coefficient (Wildman–Crippen LogP) is 1.11. The van der Waals surface area contributed by atoms with Gasteiger partial charge < -0.3 is 10.4 Å². The second kappa shape index (κ2) is 4.33. The summed E-state index contributed by atoms with van der Waals surface area (Å²) >= 11 is 0. The number of aromatic amines is 1. The van der Waals surface area contributed by atoms with Crippen LogP contribution in [0.1, 0.15) is 36.9 Å². The van der Waals surface area contributed by atoms with Crippen molar-refractivity contribution in [3.63, 3.8) is 0 Å². The average Bonchev–Trinajstić information content (AvgIpc) is 2.78. The Labute approximate surface area is 90.1 Å². The minimum absolute atomic E-state index is 0.461. The van der Waals surface area contributed by atoms with E-state index in [1.165, 1.54) is 5.56 Å². The zero-order valence-electron chi connectivity index (χ0n) is 9.21. The van der Waals surface area contributed by atoms with E-state index in [0.29, 0.717) is 6.54 Å². The zero-order valence-corrected chi connectivity index (χ0v) is 9.21. The molecule has 3 N–H and O–H groups in total. The summed E-state index contributed by atoms with van der Waals surface area (Å²) in [6.45, 7) is 3.48. The van der Waals surface area contributed by atoms with Crippen molar-refractivity contribution in [3.05, 3.63) is 17.5 Å². The summed E-state index contributed by atoms with van der Waals surface area (Å²) in [5, 5.41) is 20.3. The third-order valence-corrected chi connectivity index (χ3v) is 3.24. The first-order chi connectivity index (χ1) is 7.20. The van der Waals surface area contributed by atoms with E-state index in [1.807, 2.05) is 13.1 Å². The number of H-pyrrole nitrogens is 1. The monoisotopic (exact) mass is 209 g/mol. The summed E-state index contributed by atoms with van der Waals surface area (Å²) in [6.07, 6.45) is 6.02. The molecule has 4 nitrogen and oxygen atoms in total. The molecular formula is C11H19N3O. The van der Waals surface area contributed by atoms with Crippen LogP contribution in [0.15, 0.2) is 6.20 Å². The topological polar surface area (TPSA) is 60.9 Å². The van der Waals surface area contributed by atoms with Crippen molar-refractivity contribution < 1.29 is 5.11 Å². The second-order valence-corrected chi connectivity index (χ2v) is 4.56. The third-order valence-electron chi connectivity index (χ3n) is 3.24. The Morgan fingerprint density at radius 1 is 1.53 bits per heavy atom. The number of nitrogens with one attached hydrogen (secondary N) is 2. The molecular weight excluding hydrogens is 190 g/mol. The van der Waals surface area contributed by atoms with Crippen LogP contribution >= 0.6 is 0 Å². The quantitative estimate of drug-likeness (QED) is 0.696. The maximum atomic E-state index is 10.1. The van der Waals surface area contributed by atoms with Gasteiger partial charge in [0.2, 0.25) is 0 Å². The second-order valence-electron chi connectivity index (χ2n) is 4.56. The summed E-state index contributed by atoms with van der Waals surface area (Å²) < 4.78 is 0. The van der Waals surface area contributed by atoms with Crippen LogP contribution in [0.4, 0.5) is 0 Å². The Kier molecular flexibility index (Phi) is 3.07. The molecule has 0 spiro atoms. The normalized spacial score (nSPS) is 19.6. The van der Waals surface area contributed by atoms with Gasteiger partial charge in [0, 0.05) is 24.3 Å². The number of rotatable bonds is 4. The molecule has 0 radical (unpaired) electrons. The van der Waals surface area contributed by atoms with E-state index in [4.69, 9.17) is 0 Å². The Bertz CT molecular complexity index is 315. The maximum Gasteiger partial charge on any atom is 0.0771 e. The van der Waals surface area contributed by atoms with Gasteiger partial charge in [0.1, 0.15) is 0 Å². The van der Waals surface area contributed by atoms with Gasteiger partial charge in [0.25, 0.3) is 0 Å². The highest BCUT2D eigenvalue weighted by molar-refractivity contribution is 5.13. The lowest BCUT2D eigenvalue weighted by atomic mass is 10.0. The summed E-state index contributed by atoms with van der Waals surface area (Å²) in [6, 6.07) is 0. The van der Waals surface area contributed by atoms with E-state index in [1.54, 1.807) is 0 Å². The summed E-state index contributed by atoms with van der Waals surface area (Å²) in [4.78, 5) is 0. The molecule has 4 heteroatoms. The van der Waals surface area contributed by atoms with Gasteiger partial charge in [-0.25, -0.2) is 0 Å². The van der Waals surface area contributed by atoms with Gasteiger partial charge in [-0.2, -0.15) is 5.10 Å². The third kappa shape index (κ3) is 2.58. The van der Waals surface area contributed by atoms with Crippen molar-refractivity contribution in [1.29, 1.82) is 0 Å². The molecule has 1 aliphatic rings. The number of aryl methyl sites for hydroxylation is 1. The van der Waals surface area contributed by atoms with Crippen molar-refractivity contribution in [1.82, 2.24) is 15.5 Å². The van der Waals surface area contributed by atoms with Crippen molar-refractivity contribution >= 4 is 0 Å². The number of hydrogen-bond donors (Lipinski definition) is 3. The Hall–Kier alpha value is -0.870. The molecule has 1 heterocycles. The van der Waals surface area contributed by atoms with Crippen molar-refractivity contribution in [2.24, 2.45) is 0 Å². The van der Waals surface area contributed by atoms with Crippen LogP contribution in [0.25, 0.3) is 0 Å². The summed E-state index contributed by atoms with van der Waals surface area (Å²) in [5.74, 6) is 0. The zero-order chi connectivity index (χ0) is 10.7. The summed E-state index contributed by atoms with van der Waals surface area (Å²) in [7, 11) is 0. The molecule has 2 rings (SSSR count). The molecule has 0 unspecified atom stereocenters. The number of hydrogen-bond acceptors (Lipinski definition) is 3. The lowest BCUT2D eigenvalue weighted by molar-refractivity contribution is 0.0474. The fourth-order valence-corrected chi connectivity index (χ4v) is 2.19.